The molecule has 1 atom stereocenters. The van der Waals surface area contributed by atoms with Gasteiger partial charge in [-0.05, 0) is 44.0 Å². The summed E-state index contributed by atoms with van der Waals surface area (Å²) in [6.45, 7) is 3.13. The minimum absolute atomic E-state index is 0.183. The minimum Gasteiger partial charge on any atom is -0.326 e. The summed E-state index contributed by atoms with van der Waals surface area (Å²) in [6.07, 6.45) is -2.74. The van der Waals surface area contributed by atoms with Gasteiger partial charge in [0.2, 0.25) is 5.91 Å². The molecule has 0 aromatic heterocycles. The molecule has 6 heteroatoms. The van der Waals surface area contributed by atoms with Crippen molar-refractivity contribution < 1.29 is 18.0 Å². The van der Waals surface area contributed by atoms with Crippen molar-refractivity contribution in [2.24, 2.45) is 5.92 Å². The van der Waals surface area contributed by atoms with Gasteiger partial charge in [0, 0.05) is 12.2 Å². The Labute approximate surface area is 115 Å². The van der Waals surface area contributed by atoms with E-state index in [0.29, 0.717) is 12.1 Å². The van der Waals surface area contributed by atoms with E-state index >= 15 is 0 Å². The standard InChI is InChI=1S/C14H17F3N2O/c1-9-4-5-11(14(15,16)17)7-12(9)19-13(20)10-3-2-6-18-8-10/h4-5,7,10,18H,2-3,6,8H2,1H3,(H,19,20)/t10-/m0/s1. The molecule has 0 spiro atoms. The minimum atomic E-state index is -4.40. The number of amides is 1. The van der Waals surface area contributed by atoms with Gasteiger partial charge in [0.05, 0.1) is 11.5 Å². The first-order chi connectivity index (χ1) is 9.38. The molecule has 2 N–H and O–H groups in total. The number of anilines is 1. The van der Waals surface area contributed by atoms with Gasteiger partial charge in [-0.3, -0.25) is 4.79 Å². The van der Waals surface area contributed by atoms with Crippen LogP contribution < -0.4 is 10.6 Å². The number of rotatable bonds is 2. The molecule has 0 saturated carbocycles. The zero-order valence-corrected chi connectivity index (χ0v) is 11.2. The maximum absolute atomic E-state index is 12.7. The lowest BCUT2D eigenvalue weighted by atomic mass is 9.98. The average Bonchev–Trinajstić information content (AvgIpc) is 2.41. The monoisotopic (exact) mass is 286 g/mol. The van der Waals surface area contributed by atoms with E-state index in [1.807, 2.05) is 0 Å². The van der Waals surface area contributed by atoms with Crippen molar-refractivity contribution in [3.8, 4) is 0 Å². The van der Waals surface area contributed by atoms with Gasteiger partial charge in [0.1, 0.15) is 0 Å². The second-order valence-corrected chi connectivity index (χ2v) is 5.06. The zero-order chi connectivity index (χ0) is 14.8. The smallest absolute Gasteiger partial charge is 0.326 e. The number of halogens is 3. The topological polar surface area (TPSA) is 41.1 Å². The lowest BCUT2D eigenvalue weighted by Crippen LogP contribution is -2.37. The maximum atomic E-state index is 12.7. The molecule has 110 valence electrons. The number of benzene rings is 1. The van der Waals surface area contributed by atoms with Gasteiger partial charge >= 0.3 is 6.18 Å². The number of aryl methyl sites for hydroxylation is 1. The third-order valence-corrected chi connectivity index (χ3v) is 3.49. The molecule has 1 aliphatic rings. The van der Waals surface area contributed by atoms with E-state index in [9.17, 15) is 18.0 Å². The number of carbonyl (C=O) groups is 1. The Morgan fingerprint density at radius 1 is 1.40 bits per heavy atom. The number of nitrogens with one attached hydrogen (secondary N) is 2. The summed E-state index contributed by atoms with van der Waals surface area (Å²) in [5.41, 5.74) is 0.102. The van der Waals surface area contributed by atoms with Crippen molar-refractivity contribution in [2.75, 3.05) is 18.4 Å². The van der Waals surface area contributed by atoms with Crippen LogP contribution in [0.2, 0.25) is 0 Å². The van der Waals surface area contributed by atoms with Crippen LogP contribution in [0, 0.1) is 12.8 Å². The van der Waals surface area contributed by atoms with Crippen LogP contribution in [-0.2, 0) is 11.0 Å². The molecule has 0 aliphatic carbocycles. The fourth-order valence-electron chi connectivity index (χ4n) is 2.24. The third-order valence-electron chi connectivity index (χ3n) is 3.49. The van der Waals surface area contributed by atoms with Crippen LogP contribution in [0.3, 0.4) is 0 Å². The Balaban J connectivity index is 2.13. The Hall–Kier alpha value is -1.56. The molecule has 0 unspecified atom stereocenters. The van der Waals surface area contributed by atoms with Crippen molar-refractivity contribution in [3.63, 3.8) is 0 Å². The summed E-state index contributed by atoms with van der Waals surface area (Å²) >= 11 is 0. The van der Waals surface area contributed by atoms with Gasteiger partial charge in [-0.25, -0.2) is 0 Å². The molecule has 1 aromatic carbocycles. The van der Waals surface area contributed by atoms with Gasteiger partial charge in [0.15, 0.2) is 0 Å². The molecule has 0 radical (unpaired) electrons. The number of piperidine rings is 1. The van der Waals surface area contributed by atoms with Crippen molar-refractivity contribution in [1.29, 1.82) is 0 Å². The zero-order valence-electron chi connectivity index (χ0n) is 11.2. The normalized spacial score (nSPS) is 19.7. The highest BCUT2D eigenvalue weighted by Gasteiger charge is 2.31. The van der Waals surface area contributed by atoms with E-state index in [-0.39, 0.29) is 17.5 Å². The van der Waals surface area contributed by atoms with Crippen molar-refractivity contribution >= 4 is 11.6 Å². The van der Waals surface area contributed by atoms with Gasteiger partial charge in [-0.2, -0.15) is 13.2 Å². The SMILES string of the molecule is Cc1ccc(C(F)(F)F)cc1NC(=O)[C@H]1CCCNC1. The highest BCUT2D eigenvalue weighted by atomic mass is 19.4. The maximum Gasteiger partial charge on any atom is 0.416 e. The highest BCUT2D eigenvalue weighted by molar-refractivity contribution is 5.93. The molecular formula is C14H17F3N2O. The molecule has 3 nitrogen and oxygen atoms in total. The van der Waals surface area contributed by atoms with E-state index in [1.165, 1.54) is 6.07 Å². The summed E-state index contributed by atoms with van der Waals surface area (Å²) in [5.74, 6) is -0.405. The second kappa shape index (κ2) is 5.83. The number of carbonyl (C=O) groups excluding carboxylic acids is 1. The fraction of sp³-hybridized carbons (Fsp3) is 0.500. The van der Waals surface area contributed by atoms with Gasteiger partial charge in [0.25, 0.3) is 0 Å². The van der Waals surface area contributed by atoms with E-state index in [4.69, 9.17) is 0 Å². The Bertz CT molecular complexity index is 494. The lowest BCUT2D eigenvalue weighted by molar-refractivity contribution is -0.137. The first-order valence-electron chi connectivity index (χ1n) is 6.57. The Morgan fingerprint density at radius 2 is 2.15 bits per heavy atom. The summed E-state index contributed by atoms with van der Waals surface area (Å²) in [6, 6.07) is 3.38. The average molecular weight is 286 g/mol. The van der Waals surface area contributed by atoms with Gasteiger partial charge in [-0.1, -0.05) is 6.07 Å². The van der Waals surface area contributed by atoms with Gasteiger partial charge in [-0.15, -0.1) is 0 Å². The summed E-state index contributed by atoms with van der Waals surface area (Å²) in [7, 11) is 0. The Morgan fingerprint density at radius 3 is 2.75 bits per heavy atom. The predicted octanol–water partition coefficient (Wildman–Crippen LogP) is 2.95. The number of hydrogen-bond donors (Lipinski definition) is 2. The van der Waals surface area contributed by atoms with E-state index < -0.39 is 11.7 Å². The molecule has 1 aromatic rings. The van der Waals surface area contributed by atoms with Crippen LogP contribution in [0.4, 0.5) is 18.9 Å². The van der Waals surface area contributed by atoms with E-state index in [2.05, 4.69) is 10.6 Å². The molecule has 1 heterocycles. The molecule has 2 rings (SSSR count). The summed E-state index contributed by atoms with van der Waals surface area (Å²) in [4.78, 5) is 12.0. The Kier molecular flexibility index (Phi) is 4.32. The summed E-state index contributed by atoms with van der Waals surface area (Å²) < 4.78 is 38.0. The number of hydrogen-bond acceptors (Lipinski definition) is 2. The molecule has 1 saturated heterocycles. The lowest BCUT2D eigenvalue weighted by Gasteiger charge is -2.22. The van der Waals surface area contributed by atoms with Gasteiger partial charge < -0.3 is 10.6 Å². The van der Waals surface area contributed by atoms with E-state index in [0.717, 1.165) is 31.5 Å². The van der Waals surface area contributed by atoms with E-state index in [1.54, 1.807) is 6.92 Å². The third kappa shape index (κ3) is 3.50. The molecule has 0 bridgehead atoms. The van der Waals surface area contributed by atoms with Crippen LogP contribution >= 0.6 is 0 Å². The first kappa shape index (κ1) is 14.8. The van der Waals surface area contributed by atoms with Crippen LogP contribution in [0.5, 0.6) is 0 Å². The molecule has 1 aliphatic heterocycles. The van der Waals surface area contributed by atoms with Crippen LogP contribution in [0.1, 0.15) is 24.0 Å². The van der Waals surface area contributed by atoms with Crippen LogP contribution in [-0.4, -0.2) is 19.0 Å². The molecule has 20 heavy (non-hydrogen) atoms. The fourth-order valence-corrected chi connectivity index (χ4v) is 2.24. The molecular weight excluding hydrogens is 269 g/mol. The molecule has 1 fully saturated rings. The van der Waals surface area contributed by atoms with Crippen LogP contribution in [0.15, 0.2) is 18.2 Å². The second-order valence-electron chi connectivity index (χ2n) is 5.06. The number of alkyl halides is 3. The quantitative estimate of drug-likeness (QED) is 0.877. The van der Waals surface area contributed by atoms with Crippen molar-refractivity contribution in [1.82, 2.24) is 5.32 Å². The first-order valence-corrected chi connectivity index (χ1v) is 6.57. The predicted molar refractivity (Wildman–Crippen MR) is 70.4 cm³/mol. The largest absolute Gasteiger partial charge is 0.416 e. The van der Waals surface area contributed by atoms with Crippen molar-refractivity contribution in [2.45, 2.75) is 25.9 Å². The van der Waals surface area contributed by atoms with Crippen LogP contribution in [0.25, 0.3) is 0 Å². The summed E-state index contributed by atoms with van der Waals surface area (Å²) in [5, 5.41) is 5.72. The highest BCUT2D eigenvalue weighted by Crippen LogP contribution is 2.32. The van der Waals surface area contributed by atoms with Crippen molar-refractivity contribution in [3.05, 3.63) is 29.3 Å². The molecule has 1 amide bonds.